The van der Waals surface area contributed by atoms with E-state index in [9.17, 15) is 22.4 Å². The number of carbonyl (C=O) groups is 1. The molecule has 0 spiro atoms. The van der Waals surface area contributed by atoms with Gasteiger partial charge in [-0.2, -0.15) is 8.78 Å². The van der Waals surface area contributed by atoms with E-state index in [1.807, 2.05) is 0 Å². The summed E-state index contributed by atoms with van der Waals surface area (Å²) in [6.45, 7) is 0.601. The number of halogens is 4. The molecular weight excluding hydrogens is 316 g/mol. The summed E-state index contributed by atoms with van der Waals surface area (Å²) in [7, 11) is 0. The molecule has 0 aliphatic carbocycles. The molecule has 0 bridgehead atoms. The van der Waals surface area contributed by atoms with Crippen molar-refractivity contribution in [3.05, 3.63) is 48.1 Å². The van der Waals surface area contributed by atoms with Crippen LogP contribution in [0.3, 0.4) is 0 Å². The molecule has 1 rings (SSSR count). The first-order valence-electron chi connectivity index (χ1n) is 6.75. The zero-order chi connectivity index (χ0) is 17.3. The number of allylic oxidation sites excluding steroid dienone is 2. The Hall–Kier alpha value is -2.31. The molecule has 0 amide bonds. The van der Waals surface area contributed by atoms with Crippen molar-refractivity contribution in [2.45, 2.75) is 19.3 Å². The molecule has 7 heteroatoms. The smallest absolute Gasteiger partial charge is 0.340 e. The maximum absolute atomic E-state index is 12.7. The topological polar surface area (TPSA) is 35.5 Å². The Kier molecular flexibility index (Phi) is 7.31. The van der Waals surface area contributed by atoms with Crippen LogP contribution in [0.4, 0.5) is 17.6 Å². The van der Waals surface area contributed by atoms with Gasteiger partial charge < -0.3 is 9.47 Å². The van der Waals surface area contributed by atoms with Crippen molar-refractivity contribution in [3.8, 4) is 5.75 Å². The van der Waals surface area contributed by atoms with Crippen LogP contribution in [-0.4, -0.2) is 31.5 Å². The molecule has 0 fully saturated rings. The Labute approximate surface area is 131 Å². The maximum atomic E-state index is 12.7. The van der Waals surface area contributed by atoms with Crippen molar-refractivity contribution in [2.75, 3.05) is 13.2 Å². The minimum absolute atomic E-state index is 0.0598. The maximum Gasteiger partial charge on any atom is 0.340 e. The molecule has 3 nitrogen and oxygen atoms in total. The van der Waals surface area contributed by atoms with Crippen molar-refractivity contribution in [1.29, 1.82) is 0 Å². The molecule has 23 heavy (non-hydrogen) atoms. The van der Waals surface area contributed by atoms with Gasteiger partial charge in [0.1, 0.15) is 5.75 Å². The van der Waals surface area contributed by atoms with Crippen LogP contribution >= 0.6 is 0 Å². The highest BCUT2D eigenvalue weighted by Crippen LogP contribution is 2.24. The molecule has 0 aliphatic rings. The molecule has 0 heterocycles. The quantitative estimate of drug-likeness (QED) is 0.311. The number of carbonyl (C=O) groups excluding carboxylic acids is 1. The number of hydrogen-bond acceptors (Lipinski definition) is 3. The van der Waals surface area contributed by atoms with E-state index in [1.165, 1.54) is 24.3 Å². The van der Waals surface area contributed by atoms with Gasteiger partial charge in [0.05, 0.1) is 6.61 Å². The zero-order valence-corrected chi connectivity index (χ0v) is 12.3. The summed E-state index contributed by atoms with van der Waals surface area (Å²) in [5, 5.41) is 0. The fourth-order valence-corrected chi connectivity index (χ4v) is 1.41. The highest BCUT2D eigenvalue weighted by atomic mass is 19.3. The molecule has 0 aliphatic heterocycles. The molecule has 0 radical (unpaired) electrons. The molecule has 1 aromatic rings. The van der Waals surface area contributed by atoms with Gasteiger partial charge in [0.15, 0.2) is 6.61 Å². The highest BCUT2D eigenvalue weighted by molar-refractivity contribution is 5.82. The van der Waals surface area contributed by atoms with Crippen LogP contribution in [0.25, 0.3) is 6.08 Å². The first kappa shape index (κ1) is 18.7. The van der Waals surface area contributed by atoms with Crippen LogP contribution in [0.5, 0.6) is 5.75 Å². The molecular formula is C16H16F4O3. The number of rotatable bonds is 8. The van der Waals surface area contributed by atoms with E-state index < -0.39 is 24.9 Å². The van der Waals surface area contributed by atoms with E-state index in [0.29, 0.717) is 12.2 Å². The van der Waals surface area contributed by atoms with E-state index in [1.54, 1.807) is 31.2 Å². The fraction of sp³-hybridized carbons (Fsp3) is 0.312. The normalized spacial score (nSPS) is 12.3. The van der Waals surface area contributed by atoms with Crippen LogP contribution in [0.1, 0.15) is 12.5 Å². The summed E-state index contributed by atoms with van der Waals surface area (Å²) < 4.78 is 58.7. The first-order chi connectivity index (χ1) is 10.8. The summed E-state index contributed by atoms with van der Waals surface area (Å²) in [5.41, 5.74) is 0.714. The largest absolute Gasteiger partial charge is 0.487 e. The van der Waals surface area contributed by atoms with E-state index in [4.69, 9.17) is 4.74 Å². The lowest BCUT2D eigenvalue weighted by Crippen LogP contribution is -2.33. The van der Waals surface area contributed by atoms with Crippen LogP contribution < -0.4 is 4.74 Å². The predicted molar refractivity (Wildman–Crippen MR) is 77.7 cm³/mol. The van der Waals surface area contributed by atoms with Crippen molar-refractivity contribution < 1.29 is 31.8 Å². The number of ether oxygens (including phenoxy) is 2. The highest BCUT2D eigenvalue weighted by Gasteiger charge is 2.41. The SMILES string of the molecule is CCOC(=O)/C=C/C=C/c1ccc(OCC(F)(F)C(F)F)cc1. The monoisotopic (exact) mass is 332 g/mol. The molecule has 0 atom stereocenters. The summed E-state index contributed by atoms with van der Waals surface area (Å²) in [5.74, 6) is -4.58. The van der Waals surface area contributed by atoms with E-state index in [2.05, 4.69) is 4.74 Å². The zero-order valence-electron chi connectivity index (χ0n) is 12.3. The summed E-state index contributed by atoms with van der Waals surface area (Å²) >= 11 is 0. The predicted octanol–water partition coefficient (Wildman–Crippen LogP) is 4.10. The number of alkyl halides is 4. The summed E-state index contributed by atoms with van der Waals surface area (Å²) in [4.78, 5) is 11.0. The van der Waals surface area contributed by atoms with Gasteiger partial charge in [0.2, 0.25) is 0 Å². The van der Waals surface area contributed by atoms with Crippen LogP contribution in [0.15, 0.2) is 42.5 Å². The number of esters is 1. The second kappa shape index (κ2) is 8.97. The van der Waals surface area contributed by atoms with Crippen molar-refractivity contribution >= 4 is 12.0 Å². The number of hydrogen-bond donors (Lipinski definition) is 0. The third kappa shape index (κ3) is 6.99. The molecule has 0 saturated heterocycles. The molecule has 0 N–H and O–H groups in total. The second-order valence-electron chi connectivity index (χ2n) is 4.39. The number of benzene rings is 1. The van der Waals surface area contributed by atoms with E-state index >= 15 is 0 Å². The lowest BCUT2D eigenvalue weighted by Gasteiger charge is -2.15. The van der Waals surface area contributed by atoms with Gasteiger partial charge in [0, 0.05) is 6.08 Å². The average Bonchev–Trinajstić information content (AvgIpc) is 2.51. The fourth-order valence-electron chi connectivity index (χ4n) is 1.41. The lowest BCUT2D eigenvalue weighted by atomic mass is 10.2. The Morgan fingerprint density at radius 2 is 1.87 bits per heavy atom. The summed E-state index contributed by atoms with van der Waals surface area (Å²) in [6.07, 6.45) is 2.23. The van der Waals surface area contributed by atoms with Gasteiger partial charge in [-0.15, -0.1) is 0 Å². The van der Waals surface area contributed by atoms with E-state index in [0.717, 1.165) is 0 Å². The second-order valence-corrected chi connectivity index (χ2v) is 4.39. The van der Waals surface area contributed by atoms with Crippen LogP contribution in [0.2, 0.25) is 0 Å². The standard InChI is InChI=1S/C16H16F4O3/c1-2-22-14(21)6-4-3-5-12-7-9-13(10-8-12)23-11-16(19,20)15(17)18/h3-10,15H,2,11H2,1H3/b5-3+,6-4+. The minimum Gasteiger partial charge on any atom is -0.487 e. The van der Waals surface area contributed by atoms with E-state index in [-0.39, 0.29) is 5.75 Å². The lowest BCUT2D eigenvalue weighted by molar-refractivity contribution is -0.148. The van der Waals surface area contributed by atoms with Gasteiger partial charge in [-0.05, 0) is 24.6 Å². The van der Waals surface area contributed by atoms with Crippen LogP contribution in [0, 0.1) is 0 Å². The Morgan fingerprint density at radius 1 is 1.22 bits per heavy atom. The average molecular weight is 332 g/mol. The Balaban J connectivity index is 2.52. The Morgan fingerprint density at radius 3 is 2.43 bits per heavy atom. The van der Waals surface area contributed by atoms with Crippen LogP contribution in [-0.2, 0) is 9.53 Å². The third-order valence-electron chi connectivity index (χ3n) is 2.55. The molecule has 0 unspecified atom stereocenters. The minimum atomic E-state index is -4.18. The first-order valence-corrected chi connectivity index (χ1v) is 6.75. The Bertz CT molecular complexity index is 551. The van der Waals surface area contributed by atoms with Gasteiger partial charge >= 0.3 is 18.3 Å². The van der Waals surface area contributed by atoms with Crippen molar-refractivity contribution in [2.24, 2.45) is 0 Å². The van der Waals surface area contributed by atoms with Gasteiger partial charge in [0.25, 0.3) is 0 Å². The molecule has 0 saturated carbocycles. The molecule has 1 aromatic carbocycles. The molecule has 0 aromatic heterocycles. The third-order valence-corrected chi connectivity index (χ3v) is 2.55. The van der Waals surface area contributed by atoms with Gasteiger partial charge in [-0.25, -0.2) is 13.6 Å². The van der Waals surface area contributed by atoms with Gasteiger partial charge in [-0.1, -0.05) is 30.4 Å². The summed E-state index contributed by atoms with van der Waals surface area (Å²) in [6, 6.07) is 5.89. The van der Waals surface area contributed by atoms with Gasteiger partial charge in [-0.3, -0.25) is 0 Å². The van der Waals surface area contributed by atoms with Crippen molar-refractivity contribution in [3.63, 3.8) is 0 Å². The van der Waals surface area contributed by atoms with Crippen molar-refractivity contribution in [1.82, 2.24) is 0 Å². The molecule has 126 valence electrons.